The summed E-state index contributed by atoms with van der Waals surface area (Å²) in [7, 11) is 1.51. The van der Waals surface area contributed by atoms with E-state index < -0.39 is 35.9 Å². The molecule has 55 heavy (non-hydrogen) atoms. The predicted octanol–water partition coefficient (Wildman–Crippen LogP) is 7.11. The summed E-state index contributed by atoms with van der Waals surface area (Å²) in [6.45, 7) is 7.86. The molecule has 0 radical (unpaired) electrons. The second kappa shape index (κ2) is 23.3. The highest BCUT2D eigenvalue weighted by Gasteiger charge is 2.33. The average molecular weight is 747 g/mol. The standard InChI is InChI=1S/C46H54N2O7/c1-4-6-21-39(28-34-17-10-7-11-18-34)46(52)55-44(37-22-14-9-15-23-37)42(33-53-3)48-45(51)38(16-5-2)30-43(50)47-40(31-49)29-35-24-26-41(27-25-35)54-32-36-19-12-8-13-20-36/h4-5,7-15,17-20,22-27,38-40,42,44,49H,1-2,6,16,21,28-33H2,3H3,(H,47,50)(H,48,51)/t38-,39+,40-,42-,44-/m0/s1. The van der Waals surface area contributed by atoms with Crippen LogP contribution in [-0.2, 0) is 43.3 Å². The van der Waals surface area contributed by atoms with Gasteiger partial charge < -0.3 is 30.0 Å². The minimum Gasteiger partial charge on any atom is -0.489 e. The van der Waals surface area contributed by atoms with Crippen LogP contribution in [0.2, 0.25) is 0 Å². The fourth-order valence-electron chi connectivity index (χ4n) is 6.36. The van der Waals surface area contributed by atoms with Gasteiger partial charge in [-0.25, -0.2) is 0 Å². The molecule has 4 rings (SSSR count). The van der Waals surface area contributed by atoms with Gasteiger partial charge in [0.25, 0.3) is 0 Å². The van der Waals surface area contributed by atoms with Gasteiger partial charge in [0, 0.05) is 13.5 Å². The molecule has 290 valence electrons. The Bertz CT molecular complexity index is 1750. The third-order valence-corrected chi connectivity index (χ3v) is 9.28. The first-order valence-electron chi connectivity index (χ1n) is 18.8. The van der Waals surface area contributed by atoms with E-state index in [0.29, 0.717) is 43.6 Å². The lowest BCUT2D eigenvalue weighted by Gasteiger charge is -2.30. The number of esters is 1. The first kappa shape index (κ1) is 42.2. The van der Waals surface area contributed by atoms with Gasteiger partial charge >= 0.3 is 5.97 Å². The molecule has 0 spiro atoms. The maximum atomic E-state index is 13.9. The molecule has 0 bridgehead atoms. The number of rotatable bonds is 24. The summed E-state index contributed by atoms with van der Waals surface area (Å²) in [6.07, 6.45) is 4.67. The van der Waals surface area contributed by atoms with E-state index in [1.54, 1.807) is 12.2 Å². The molecule has 0 aliphatic rings. The maximum absolute atomic E-state index is 13.9. The van der Waals surface area contributed by atoms with Gasteiger partial charge in [0.15, 0.2) is 0 Å². The number of allylic oxidation sites excluding steroid dienone is 2. The average Bonchev–Trinajstić information content (AvgIpc) is 3.21. The van der Waals surface area contributed by atoms with Gasteiger partial charge in [0.1, 0.15) is 18.5 Å². The molecular weight excluding hydrogens is 693 g/mol. The minimum atomic E-state index is -0.869. The molecule has 3 N–H and O–H groups in total. The van der Waals surface area contributed by atoms with Crippen LogP contribution in [0.1, 0.15) is 54.0 Å². The van der Waals surface area contributed by atoms with Crippen LogP contribution in [0.4, 0.5) is 0 Å². The number of carbonyl (C=O) groups is 3. The van der Waals surface area contributed by atoms with E-state index in [1.165, 1.54) is 7.11 Å². The Morgan fingerprint density at radius 1 is 0.745 bits per heavy atom. The first-order valence-corrected chi connectivity index (χ1v) is 18.8. The number of ether oxygens (including phenoxy) is 3. The number of benzene rings is 4. The molecule has 4 aromatic rings. The van der Waals surface area contributed by atoms with Crippen molar-refractivity contribution in [2.24, 2.45) is 11.8 Å². The maximum Gasteiger partial charge on any atom is 0.309 e. The monoisotopic (exact) mass is 746 g/mol. The molecule has 2 amide bonds. The Kier molecular flexibility index (Phi) is 17.9. The molecule has 4 aromatic carbocycles. The van der Waals surface area contributed by atoms with E-state index in [2.05, 4.69) is 23.8 Å². The quantitative estimate of drug-likeness (QED) is 0.0516. The zero-order chi connectivity index (χ0) is 39.3. The van der Waals surface area contributed by atoms with Crippen molar-refractivity contribution >= 4 is 17.8 Å². The van der Waals surface area contributed by atoms with E-state index in [4.69, 9.17) is 14.2 Å². The van der Waals surface area contributed by atoms with E-state index in [1.807, 2.05) is 115 Å². The zero-order valence-corrected chi connectivity index (χ0v) is 31.7. The van der Waals surface area contributed by atoms with Crippen molar-refractivity contribution in [3.63, 3.8) is 0 Å². The van der Waals surface area contributed by atoms with Gasteiger partial charge in [-0.05, 0) is 66.5 Å². The second-order valence-electron chi connectivity index (χ2n) is 13.6. The van der Waals surface area contributed by atoms with E-state index in [-0.39, 0.29) is 37.9 Å². The van der Waals surface area contributed by atoms with E-state index in [9.17, 15) is 19.5 Å². The molecular formula is C46H54N2O7. The second-order valence-corrected chi connectivity index (χ2v) is 13.6. The summed E-state index contributed by atoms with van der Waals surface area (Å²) < 4.78 is 17.7. The lowest BCUT2D eigenvalue weighted by molar-refractivity contribution is -0.158. The van der Waals surface area contributed by atoms with Crippen molar-refractivity contribution in [3.05, 3.63) is 163 Å². The Balaban J connectivity index is 1.41. The molecule has 5 atom stereocenters. The zero-order valence-electron chi connectivity index (χ0n) is 31.7. The molecule has 0 heterocycles. The number of amides is 2. The SMILES string of the molecule is C=CCC[C@H](Cc1ccccc1)C(=O)O[C@@H](c1ccccc1)[C@H](COC)NC(=O)[C@@H](CC=C)CC(=O)N[C@H](CO)Cc1ccc(OCc2ccccc2)cc1. The van der Waals surface area contributed by atoms with Crippen LogP contribution in [0.15, 0.2) is 141 Å². The molecule has 0 unspecified atom stereocenters. The van der Waals surface area contributed by atoms with Crippen LogP contribution < -0.4 is 15.4 Å². The van der Waals surface area contributed by atoms with Crippen LogP contribution in [0, 0.1) is 11.8 Å². The van der Waals surface area contributed by atoms with Crippen LogP contribution in [0.5, 0.6) is 5.75 Å². The highest BCUT2D eigenvalue weighted by Crippen LogP contribution is 2.27. The number of hydrogen-bond donors (Lipinski definition) is 3. The molecule has 0 saturated carbocycles. The largest absolute Gasteiger partial charge is 0.489 e. The van der Waals surface area contributed by atoms with Crippen LogP contribution >= 0.6 is 0 Å². The number of methoxy groups -OCH3 is 1. The van der Waals surface area contributed by atoms with Gasteiger partial charge in [-0.1, -0.05) is 115 Å². The van der Waals surface area contributed by atoms with Crippen molar-refractivity contribution in [1.82, 2.24) is 10.6 Å². The normalized spacial score (nSPS) is 13.6. The topological polar surface area (TPSA) is 123 Å². The molecule has 0 aromatic heterocycles. The van der Waals surface area contributed by atoms with Crippen molar-refractivity contribution in [3.8, 4) is 5.75 Å². The summed E-state index contributed by atoms with van der Waals surface area (Å²) in [5.74, 6) is -1.68. The van der Waals surface area contributed by atoms with Gasteiger partial charge in [-0.3, -0.25) is 14.4 Å². The Hall–Kier alpha value is -5.51. The van der Waals surface area contributed by atoms with E-state index in [0.717, 1.165) is 16.7 Å². The molecule has 0 aliphatic carbocycles. The first-order chi connectivity index (χ1) is 26.8. The third kappa shape index (κ3) is 14.3. The molecule has 9 heteroatoms. The van der Waals surface area contributed by atoms with Crippen molar-refractivity contribution in [2.75, 3.05) is 20.3 Å². The van der Waals surface area contributed by atoms with Crippen molar-refractivity contribution < 1.29 is 33.7 Å². The fraction of sp³-hybridized carbons (Fsp3) is 0.326. The van der Waals surface area contributed by atoms with Crippen molar-refractivity contribution in [2.45, 2.75) is 63.3 Å². The predicted molar refractivity (Wildman–Crippen MR) is 215 cm³/mol. The fourth-order valence-corrected chi connectivity index (χ4v) is 6.36. The number of aliphatic hydroxyl groups is 1. The Morgan fingerprint density at radius 2 is 1.36 bits per heavy atom. The minimum absolute atomic E-state index is 0.0459. The van der Waals surface area contributed by atoms with Gasteiger partial charge in [-0.15, -0.1) is 13.2 Å². The van der Waals surface area contributed by atoms with Crippen LogP contribution in [0.3, 0.4) is 0 Å². The van der Waals surface area contributed by atoms with Crippen molar-refractivity contribution in [1.29, 1.82) is 0 Å². The highest BCUT2D eigenvalue weighted by atomic mass is 16.5. The van der Waals surface area contributed by atoms with Gasteiger partial charge in [0.2, 0.25) is 11.8 Å². The summed E-state index contributed by atoms with van der Waals surface area (Å²) >= 11 is 0. The molecule has 0 aliphatic heterocycles. The number of carbonyl (C=O) groups excluding carboxylic acids is 3. The Morgan fingerprint density at radius 3 is 1.96 bits per heavy atom. The molecule has 9 nitrogen and oxygen atoms in total. The van der Waals surface area contributed by atoms with Crippen LogP contribution in [-0.4, -0.2) is 55.3 Å². The smallest absolute Gasteiger partial charge is 0.309 e. The number of nitrogens with one attached hydrogen (secondary N) is 2. The van der Waals surface area contributed by atoms with E-state index >= 15 is 0 Å². The summed E-state index contributed by atoms with van der Waals surface area (Å²) in [6, 6.07) is 35.1. The highest BCUT2D eigenvalue weighted by molar-refractivity contribution is 5.86. The summed E-state index contributed by atoms with van der Waals surface area (Å²) in [4.78, 5) is 41.1. The number of hydrogen-bond acceptors (Lipinski definition) is 7. The lowest BCUT2D eigenvalue weighted by atomic mass is 9.94. The summed E-state index contributed by atoms with van der Waals surface area (Å²) in [5, 5.41) is 16.1. The van der Waals surface area contributed by atoms with Gasteiger partial charge in [-0.2, -0.15) is 0 Å². The van der Waals surface area contributed by atoms with Crippen LogP contribution in [0.25, 0.3) is 0 Å². The number of aliphatic hydroxyl groups excluding tert-OH is 1. The summed E-state index contributed by atoms with van der Waals surface area (Å²) in [5.41, 5.74) is 3.68. The molecule has 0 fully saturated rings. The molecule has 0 saturated heterocycles. The Labute approximate surface area is 325 Å². The van der Waals surface area contributed by atoms with Gasteiger partial charge in [0.05, 0.1) is 37.1 Å². The lowest BCUT2D eigenvalue weighted by Crippen LogP contribution is -2.47. The third-order valence-electron chi connectivity index (χ3n) is 9.28.